The lowest BCUT2D eigenvalue weighted by molar-refractivity contribution is 0.583. The van der Waals surface area contributed by atoms with Gasteiger partial charge in [0.15, 0.2) is 0 Å². The molecule has 0 aliphatic rings. The SMILES string of the molecule is Cc1ccc(S(=O)(=O)NCCNc2nc3ccccc3nc2C)cc1. The van der Waals surface area contributed by atoms with Gasteiger partial charge in [0.25, 0.3) is 0 Å². The number of aryl methyl sites for hydroxylation is 2. The van der Waals surface area contributed by atoms with E-state index in [0.717, 1.165) is 22.3 Å². The number of hydrogen-bond acceptors (Lipinski definition) is 5. The Labute approximate surface area is 147 Å². The van der Waals surface area contributed by atoms with Crippen LogP contribution in [0.1, 0.15) is 11.3 Å². The predicted octanol–water partition coefficient (Wildman–Crippen LogP) is 2.64. The fourth-order valence-electron chi connectivity index (χ4n) is 2.42. The van der Waals surface area contributed by atoms with Crippen molar-refractivity contribution in [2.75, 3.05) is 18.4 Å². The Morgan fingerprint density at radius 3 is 2.20 bits per heavy atom. The highest BCUT2D eigenvalue weighted by Gasteiger charge is 2.12. The van der Waals surface area contributed by atoms with Crippen molar-refractivity contribution in [2.24, 2.45) is 0 Å². The lowest BCUT2D eigenvalue weighted by Crippen LogP contribution is -2.29. The number of nitrogens with one attached hydrogen (secondary N) is 2. The van der Waals surface area contributed by atoms with E-state index in [1.54, 1.807) is 24.3 Å². The molecule has 0 aliphatic heterocycles. The van der Waals surface area contributed by atoms with E-state index in [0.29, 0.717) is 12.4 Å². The molecule has 0 bridgehead atoms. The van der Waals surface area contributed by atoms with Crippen molar-refractivity contribution >= 4 is 26.9 Å². The van der Waals surface area contributed by atoms with E-state index in [2.05, 4.69) is 20.0 Å². The van der Waals surface area contributed by atoms with Crippen LogP contribution in [0, 0.1) is 13.8 Å². The number of aromatic nitrogens is 2. The monoisotopic (exact) mass is 356 g/mol. The van der Waals surface area contributed by atoms with Gasteiger partial charge in [-0.25, -0.2) is 23.1 Å². The molecule has 6 nitrogen and oxygen atoms in total. The average molecular weight is 356 g/mol. The third-order valence-corrected chi connectivity index (χ3v) is 5.26. The number of fused-ring (bicyclic) bond motifs is 1. The van der Waals surface area contributed by atoms with Crippen molar-refractivity contribution in [2.45, 2.75) is 18.7 Å². The first-order chi connectivity index (χ1) is 12.0. The first-order valence-corrected chi connectivity index (χ1v) is 9.47. The Morgan fingerprint density at radius 2 is 1.52 bits per heavy atom. The summed E-state index contributed by atoms with van der Waals surface area (Å²) in [7, 11) is -3.50. The number of hydrogen-bond donors (Lipinski definition) is 2. The van der Waals surface area contributed by atoms with Crippen molar-refractivity contribution < 1.29 is 8.42 Å². The second-order valence-electron chi connectivity index (χ2n) is 5.78. The maximum absolute atomic E-state index is 12.2. The van der Waals surface area contributed by atoms with Gasteiger partial charge in [-0.3, -0.25) is 0 Å². The highest BCUT2D eigenvalue weighted by molar-refractivity contribution is 7.89. The van der Waals surface area contributed by atoms with Crippen LogP contribution in [0.25, 0.3) is 11.0 Å². The summed E-state index contributed by atoms with van der Waals surface area (Å²) in [5.74, 6) is 0.660. The molecule has 0 spiro atoms. The highest BCUT2D eigenvalue weighted by atomic mass is 32.2. The summed E-state index contributed by atoms with van der Waals surface area (Å²) in [6.07, 6.45) is 0. The van der Waals surface area contributed by atoms with Gasteiger partial charge in [0.1, 0.15) is 5.82 Å². The molecular formula is C18H20N4O2S. The Balaban J connectivity index is 1.61. The molecule has 0 fully saturated rings. The number of rotatable bonds is 6. The summed E-state index contributed by atoms with van der Waals surface area (Å²) < 4.78 is 27.0. The second-order valence-corrected chi connectivity index (χ2v) is 7.55. The van der Waals surface area contributed by atoms with Crippen molar-refractivity contribution in [1.82, 2.24) is 14.7 Å². The molecule has 1 heterocycles. The van der Waals surface area contributed by atoms with Gasteiger partial charge >= 0.3 is 0 Å². The van der Waals surface area contributed by atoms with Gasteiger partial charge in [-0.2, -0.15) is 0 Å². The molecule has 7 heteroatoms. The standard InChI is InChI=1S/C18H20N4O2S/c1-13-7-9-15(10-8-13)25(23,24)20-12-11-19-18-14(2)21-16-5-3-4-6-17(16)22-18/h3-10,20H,11-12H2,1-2H3,(H,19,22). The van der Waals surface area contributed by atoms with Crippen LogP contribution in [0.5, 0.6) is 0 Å². The van der Waals surface area contributed by atoms with Crippen LogP contribution in [-0.4, -0.2) is 31.5 Å². The molecule has 1 aromatic heterocycles. The van der Waals surface area contributed by atoms with Gasteiger partial charge in [0, 0.05) is 13.1 Å². The van der Waals surface area contributed by atoms with Crippen LogP contribution in [-0.2, 0) is 10.0 Å². The molecule has 3 aromatic rings. The summed E-state index contributed by atoms with van der Waals surface area (Å²) in [5, 5.41) is 3.14. The Bertz CT molecular complexity index is 986. The van der Waals surface area contributed by atoms with Gasteiger partial charge in [-0.15, -0.1) is 0 Å². The first-order valence-electron chi connectivity index (χ1n) is 7.99. The zero-order valence-corrected chi connectivity index (χ0v) is 15.0. The minimum absolute atomic E-state index is 0.254. The van der Waals surface area contributed by atoms with Crippen LogP contribution < -0.4 is 10.0 Å². The van der Waals surface area contributed by atoms with Crippen molar-refractivity contribution in [3.05, 3.63) is 59.8 Å². The van der Waals surface area contributed by atoms with Crippen LogP contribution in [0.4, 0.5) is 5.82 Å². The zero-order chi connectivity index (χ0) is 17.9. The molecule has 0 amide bonds. The molecule has 0 saturated carbocycles. The minimum Gasteiger partial charge on any atom is -0.367 e. The number of sulfonamides is 1. The number of nitrogens with zero attached hydrogens (tertiary/aromatic N) is 2. The number of para-hydroxylation sites is 2. The Kier molecular flexibility index (Phi) is 4.96. The molecule has 3 rings (SSSR count). The highest BCUT2D eigenvalue weighted by Crippen LogP contribution is 2.15. The molecule has 2 N–H and O–H groups in total. The van der Waals surface area contributed by atoms with Crippen molar-refractivity contribution in [3.63, 3.8) is 0 Å². The Hall–Kier alpha value is -2.51. The molecule has 0 saturated heterocycles. The third-order valence-electron chi connectivity index (χ3n) is 3.79. The van der Waals surface area contributed by atoms with E-state index in [9.17, 15) is 8.42 Å². The van der Waals surface area contributed by atoms with Crippen LogP contribution >= 0.6 is 0 Å². The maximum atomic E-state index is 12.2. The number of anilines is 1. The van der Waals surface area contributed by atoms with E-state index in [4.69, 9.17) is 0 Å². The summed E-state index contributed by atoms with van der Waals surface area (Å²) in [5.41, 5.74) is 3.44. The van der Waals surface area contributed by atoms with Gasteiger partial charge in [0.2, 0.25) is 10.0 Å². The average Bonchev–Trinajstić information content (AvgIpc) is 2.59. The van der Waals surface area contributed by atoms with Crippen molar-refractivity contribution in [3.8, 4) is 0 Å². The van der Waals surface area contributed by atoms with Crippen LogP contribution in [0.3, 0.4) is 0 Å². The van der Waals surface area contributed by atoms with Gasteiger partial charge < -0.3 is 5.32 Å². The summed E-state index contributed by atoms with van der Waals surface area (Å²) in [6, 6.07) is 14.4. The zero-order valence-electron chi connectivity index (χ0n) is 14.2. The quantitative estimate of drug-likeness (QED) is 0.663. The molecule has 25 heavy (non-hydrogen) atoms. The van der Waals surface area contributed by atoms with E-state index >= 15 is 0 Å². The summed E-state index contributed by atoms with van der Waals surface area (Å²) in [4.78, 5) is 9.28. The topological polar surface area (TPSA) is 84.0 Å². The largest absolute Gasteiger partial charge is 0.367 e. The smallest absolute Gasteiger partial charge is 0.240 e. The van der Waals surface area contributed by atoms with Crippen LogP contribution in [0.15, 0.2) is 53.4 Å². The molecule has 0 radical (unpaired) electrons. The third kappa shape index (κ3) is 4.12. The molecule has 0 unspecified atom stereocenters. The molecule has 130 valence electrons. The van der Waals surface area contributed by atoms with E-state index in [1.807, 2.05) is 38.1 Å². The normalized spacial score (nSPS) is 11.6. The summed E-state index contributed by atoms with van der Waals surface area (Å²) in [6.45, 7) is 4.46. The maximum Gasteiger partial charge on any atom is 0.240 e. The molecule has 0 aliphatic carbocycles. The van der Waals surface area contributed by atoms with E-state index in [1.165, 1.54) is 0 Å². The van der Waals surface area contributed by atoms with E-state index in [-0.39, 0.29) is 11.4 Å². The fourth-order valence-corrected chi connectivity index (χ4v) is 3.45. The van der Waals surface area contributed by atoms with Crippen molar-refractivity contribution in [1.29, 1.82) is 0 Å². The number of benzene rings is 2. The van der Waals surface area contributed by atoms with E-state index < -0.39 is 10.0 Å². The van der Waals surface area contributed by atoms with Gasteiger partial charge in [-0.1, -0.05) is 29.8 Å². The lowest BCUT2D eigenvalue weighted by Gasteiger charge is -2.10. The molecule has 0 atom stereocenters. The lowest BCUT2D eigenvalue weighted by atomic mass is 10.2. The Morgan fingerprint density at radius 1 is 0.880 bits per heavy atom. The van der Waals surface area contributed by atoms with Gasteiger partial charge in [0.05, 0.1) is 21.6 Å². The fraction of sp³-hybridized carbons (Fsp3) is 0.222. The second kappa shape index (κ2) is 7.16. The molecule has 2 aromatic carbocycles. The van der Waals surface area contributed by atoms with Gasteiger partial charge in [-0.05, 0) is 38.1 Å². The minimum atomic E-state index is -3.50. The molecular weight excluding hydrogens is 336 g/mol. The summed E-state index contributed by atoms with van der Waals surface area (Å²) >= 11 is 0. The van der Waals surface area contributed by atoms with Crippen LogP contribution in [0.2, 0.25) is 0 Å². The predicted molar refractivity (Wildman–Crippen MR) is 99.1 cm³/mol. The first kappa shape index (κ1) is 17.3.